The number of carbonyl (C=O) groups is 1. The van der Waals surface area contributed by atoms with E-state index in [2.05, 4.69) is 5.32 Å². The van der Waals surface area contributed by atoms with Crippen LogP contribution in [0, 0.1) is 0 Å². The van der Waals surface area contributed by atoms with Gasteiger partial charge in [0.15, 0.2) is 0 Å². The molecular formula is C18H26N2O3S. The molecule has 0 aliphatic carbocycles. The van der Waals surface area contributed by atoms with Gasteiger partial charge in [0.25, 0.3) is 0 Å². The number of fused-ring (bicyclic) bond motifs is 2. The predicted octanol–water partition coefficient (Wildman–Crippen LogP) is 2.25. The van der Waals surface area contributed by atoms with Crippen molar-refractivity contribution in [3.8, 4) is 0 Å². The van der Waals surface area contributed by atoms with Crippen LogP contribution in [-0.4, -0.2) is 43.0 Å². The fourth-order valence-electron chi connectivity index (χ4n) is 4.35. The molecule has 1 amide bonds. The minimum Gasteiger partial charge on any atom is -0.353 e. The number of piperidine rings is 1. The maximum Gasteiger partial charge on any atom is 0.227 e. The van der Waals surface area contributed by atoms with E-state index in [1.54, 1.807) is 4.31 Å². The standard InChI is InChI=1S/C18H26N2O3S/c1-3-17(13-7-5-4-6-8-13)18(21)19-14-11-15-9-10-16(12-14)20(15)24(2,22)23/h4-8,14-17H,3,9-12H2,1-2H3,(H,19,21). The van der Waals surface area contributed by atoms with Gasteiger partial charge >= 0.3 is 0 Å². The minimum absolute atomic E-state index is 0.0425. The van der Waals surface area contributed by atoms with E-state index in [-0.39, 0.29) is 30.0 Å². The van der Waals surface area contributed by atoms with Crippen molar-refractivity contribution < 1.29 is 13.2 Å². The van der Waals surface area contributed by atoms with Crippen LogP contribution in [0.5, 0.6) is 0 Å². The molecule has 3 unspecified atom stereocenters. The predicted molar refractivity (Wildman–Crippen MR) is 94.1 cm³/mol. The van der Waals surface area contributed by atoms with Crippen LogP contribution in [0.4, 0.5) is 0 Å². The summed E-state index contributed by atoms with van der Waals surface area (Å²) in [6.07, 6.45) is 5.30. The molecule has 0 saturated carbocycles. The molecule has 2 aliphatic heterocycles. The number of nitrogens with zero attached hydrogens (tertiary/aromatic N) is 1. The highest BCUT2D eigenvalue weighted by atomic mass is 32.2. The summed E-state index contributed by atoms with van der Waals surface area (Å²) in [6, 6.07) is 10.00. The Morgan fingerprint density at radius 3 is 2.29 bits per heavy atom. The molecule has 0 aromatic heterocycles. The molecule has 1 aromatic carbocycles. The summed E-state index contributed by atoms with van der Waals surface area (Å²) in [5, 5.41) is 3.18. The normalized spacial score (nSPS) is 28.5. The Hall–Kier alpha value is -1.40. The third-order valence-electron chi connectivity index (χ3n) is 5.32. The van der Waals surface area contributed by atoms with Gasteiger partial charge in [-0.2, -0.15) is 4.31 Å². The van der Waals surface area contributed by atoms with Crippen molar-refractivity contribution in [2.45, 2.75) is 63.1 Å². The number of hydrogen-bond donors (Lipinski definition) is 1. The molecular weight excluding hydrogens is 324 g/mol. The number of benzene rings is 1. The molecule has 1 N–H and O–H groups in total. The summed E-state index contributed by atoms with van der Waals surface area (Å²) >= 11 is 0. The van der Waals surface area contributed by atoms with E-state index in [9.17, 15) is 13.2 Å². The van der Waals surface area contributed by atoms with Crippen LogP contribution in [0.3, 0.4) is 0 Å². The van der Waals surface area contributed by atoms with E-state index >= 15 is 0 Å². The minimum atomic E-state index is -3.16. The molecule has 0 radical (unpaired) electrons. The summed E-state index contributed by atoms with van der Waals surface area (Å²) < 4.78 is 25.6. The molecule has 132 valence electrons. The number of nitrogens with one attached hydrogen (secondary N) is 1. The first-order valence-electron chi connectivity index (χ1n) is 8.74. The van der Waals surface area contributed by atoms with Crippen molar-refractivity contribution in [2.24, 2.45) is 0 Å². The molecule has 24 heavy (non-hydrogen) atoms. The van der Waals surface area contributed by atoms with Gasteiger partial charge in [-0.25, -0.2) is 8.42 Å². The van der Waals surface area contributed by atoms with E-state index in [0.29, 0.717) is 0 Å². The second-order valence-corrected chi connectivity index (χ2v) is 8.91. The van der Waals surface area contributed by atoms with E-state index in [1.807, 2.05) is 37.3 Å². The first kappa shape index (κ1) is 17.4. The third kappa shape index (κ3) is 3.49. The van der Waals surface area contributed by atoms with E-state index in [0.717, 1.165) is 37.7 Å². The zero-order chi connectivity index (χ0) is 17.3. The Morgan fingerprint density at radius 1 is 1.21 bits per heavy atom. The van der Waals surface area contributed by atoms with Crippen molar-refractivity contribution in [3.05, 3.63) is 35.9 Å². The number of amides is 1. The highest BCUT2D eigenvalue weighted by molar-refractivity contribution is 7.88. The fourth-order valence-corrected chi connectivity index (χ4v) is 5.82. The Morgan fingerprint density at radius 2 is 1.79 bits per heavy atom. The van der Waals surface area contributed by atoms with Gasteiger partial charge in [-0.1, -0.05) is 37.3 Å². The average Bonchev–Trinajstić information content (AvgIpc) is 2.82. The second-order valence-electron chi connectivity index (χ2n) is 7.03. The topological polar surface area (TPSA) is 66.5 Å². The lowest BCUT2D eigenvalue weighted by Gasteiger charge is -2.37. The first-order valence-corrected chi connectivity index (χ1v) is 10.6. The average molecular weight is 350 g/mol. The van der Waals surface area contributed by atoms with Crippen molar-refractivity contribution in [3.63, 3.8) is 0 Å². The molecule has 3 atom stereocenters. The monoisotopic (exact) mass is 350 g/mol. The van der Waals surface area contributed by atoms with Gasteiger partial charge in [0.1, 0.15) is 0 Å². The van der Waals surface area contributed by atoms with Crippen LogP contribution in [0.1, 0.15) is 50.5 Å². The highest BCUT2D eigenvalue weighted by Crippen LogP contribution is 2.37. The van der Waals surface area contributed by atoms with Crippen LogP contribution >= 0.6 is 0 Å². The summed E-state index contributed by atoms with van der Waals surface area (Å²) in [5.74, 6) is -0.0855. The Bertz CT molecular complexity index is 675. The molecule has 5 nitrogen and oxygen atoms in total. The maximum absolute atomic E-state index is 12.7. The maximum atomic E-state index is 12.7. The quantitative estimate of drug-likeness (QED) is 0.886. The lowest BCUT2D eigenvalue weighted by atomic mass is 9.93. The first-order chi connectivity index (χ1) is 11.4. The van der Waals surface area contributed by atoms with Crippen LogP contribution in [0.15, 0.2) is 30.3 Å². The molecule has 2 aliphatic rings. The molecule has 2 saturated heterocycles. The SMILES string of the molecule is CCC(C(=O)NC1CC2CCC(C1)N2S(C)(=O)=O)c1ccccc1. The van der Waals surface area contributed by atoms with E-state index < -0.39 is 10.0 Å². The van der Waals surface area contributed by atoms with Crippen molar-refractivity contribution >= 4 is 15.9 Å². The number of rotatable bonds is 5. The fraction of sp³-hybridized carbons (Fsp3) is 0.611. The van der Waals surface area contributed by atoms with Gasteiger partial charge in [-0.15, -0.1) is 0 Å². The van der Waals surface area contributed by atoms with Gasteiger partial charge in [0, 0.05) is 18.1 Å². The second kappa shape index (κ2) is 6.84. The van der Waals surface area contributed by atoms with Gasteiger partial charge < -0.3 is 5.32 Å². The van der Waals surface area contributed by atoms with Crippen LogP contribution in [0.25, 0.3) is 0 Å². The van der Waals surface area contributed by atoms with E-state index in [1.165, 1.54) is 6.26 Å². The lowest BCUT2D eigenvalue weighted by molar-refractivity contribution is -0.123. The Kier molecular flexibility index (Phi) is 4.97. The largest absolute Gasteiger partial charge is 0.353 e. The molecule has 0 spiro atoms. The highest BCUT2D eigenvalue weighted by Gasteiger charge is 2.45. The summed E-state index contributed by atoms with van der Waals surface area (Å²) in [5.41, 5.74) is 1.04. The van der Waals surface area contributed by atoms with Crippen LogP contribution in [0.2, 0.25) is 0 Å². The summed E-state index contributed by atoms with van der Waals surface area (Å²) in [6.45, 7) is 2.02. The van der Waals surface area contributed by atoms with Gasteiger partial charge in [0.05, 0.1) is 12.2 Å². The molecule has 2 bridgehead atoms. The Balaban J connectivity index is 1.66. The van der Waals surface area contributed by atoms with Gasteiger partial charge in [0.2, 0.25) is 15.9 Å². The molecule has 6 heteroatoms. The van der Waals surface area contributed by atoms with Crippen LogP contribution in [-0.2, 0) is 14.8 Å². The Labute approximate surface area is 144 Å². The van der Waals surface area contributed by atoms with Gasteiger partial charge in [-0.05, 0) is 37.7 Å². The van der Waals surface area contributed by atoms with Crippen molar-refractivity contribution in [1.82, 2.24) is 9.62 Å². The van der Waals surface area contributed by atoms with Gasteiger partial charge in [-0.3, -0.25) is 4.79 Å². The smallest absolute Gasteiger partial charge is 0.227 e. The van der Waals surface area contributed by atoms with Crippen LogP contribution < -0.4 is 5.32 Å². The number of hydrogen-bond acceptors (Lipinski definition) is 3. The molecule has 3 rings (SSSR count). The summed E-state index contributed by atoms with van der Waals surface area (Å²) in [4.78, 5) is 12.7. The molecule has 2 fully saturated rings. The third-order valence-corrected chi connectivity index (χ3v) is 6.68. The van der Waals surface area contributed by atoms with Crippen molar-refractivity contribution in [2.75, 3.05) is 6.26 Å². The number of carbonyl (C=O) groups excluding carboxylic acids is 1. The zero-order valence-corrected chi connectivity index (χ0v) is 15.1. The zero-order valence-electron chi connectivity index (χ0n) is 14.3. The molecule has 2 heterocycles. The number of sulfonamides is 1. The lowest BCUT2D eigenvalue weighted by Crippen LogP contribution is -2.52. The summed E-state index contributed by atoms with van der Waals surface area (Å²) in [7, 11) is -3.16. The van der Waals surface area contributed by atoms with E-state index in [4.69, 9.17) is 0 Å². The molecule has 1 aromatic rings. The van der Waals surface area contributed by atoms with Crippen molar-refractivity contribution in [1.29, 1.82) is 0 Å².